The van der Waals surface area contributed by atoms with E-state index in [4.69, 9.17) is 4.42 Å². The molecule has 2 fully saturated rings. The molecule has 5 heteroatoms. The van der Waals surface area contributed by atoms with E-state index in [1.165, 1.54) is 32.4 Å². The van der Waals surface area contributed by atoms with Crippen LogP contribution < -0.4 is 5.63 Å². The van der Waals surface area contributed by atoms with Crippen LogP contribution in [0.4, 0.5) is 0 Å². The fraction of sp³-hybridized carbons (Fsp3) is 0.500. The first kappa shape index (κ1) is 16.3. The van der Waals surface area contributed by atoms with Crippen molar-refractivity contribution in [1.82, 2.24) is 9.80 Å². The molecule has 25 heavy (non-hydrogen) atoms. The summed E-state index contributed by atoms with van der Waals surface area (Å²) in [6.45, 7) is 3.80. The number of hydrogen-bond donors (Lipinski definition) is 0. The topological polar surface area (TPSA) is 53.8 Å². The van der Waals surface area contributed by atoms with E-state index in [0.717, 1.165) is 18.2 Å². The number of benzene rings is 1. The zero-order chi connectivity index (χ0) is 17.2. The number of carbonyl (C=O) groups is 1. The van der Waals surface area contributed by atoms with Crippen molar-refractivity contribution < 1.29 is 9.21 Å². The van der Waals surface area contributed by atoms with Gasteiger partial charge in [0.25, 0.3) is 5.91 Å². The molecule has 1 amide bonds. The molecule has 2 aliphatic heterocycles. The molecule has 2 saturated heterocycles. The molecule has 0 radical (unpaired) electrons. The van der Waals surface area contributed by atoms with Gasteiger partial charge in [-0.15, -0.1) is 0 Å². The van der Waals surface area contributed by atoms with Crippen molar-refractivity contribution in [3.8, 4) is 0 Å². The Hall–Kier alpha value is -2.14. The monoisotopic (exact) mass is 340 g/mol. The summed E-state index contributed by atoms with van der Waals surface area (Å²) >= 11 is 0. The molecule has 0 N–H and O–H groups in total. The van der Waals surface area contributed by atoms with Gasteiger partial charge >= 0.3 is 5.63 Å². The van der Waals surface area contributed by atoms with Crippen LogP contribution in [-0.2, 0) is 0 Å². The molecular formula is C20H24N2O3. The predicted octanol–water partition coefficient (Wildman–Crippen LogP) is 2.88. The summed E-state index contributed by atoms with van der Waals surface area (Å²) < 4.78 is 5.31. The molecule has 0 bridgehead atoms. The fourth-order valence-electron chi connectivity index (χ4n) is 4.10. The minimum absolute atomic E-state index is 0.148. The lowest BCUT2D eigenvalue weighted by atomic mass is 9.99. The van der Waals surface area contributed by atoms with Crippen LogP contribution in [0.1, 0.15) is 42.5 Å². The minimum atomic E-state index is -0.540. The Morgan fingerprint density at radius 2 is 1.72 bits per heavy atom. The Labute approximate surface area is 147 Å². The quantitative estimate of drug-likeness (QED) is 0.789. The van der Waals surface area contributed by atoms with Gasteiger partial charge in [-0.05, 0) is 50.9 Å². The average Bonchev–Trinajstić information content (AvgIpc) is 2.68. The van der Waals surface area contributed by atoms with Crippen molar-refractivity contribution in [3.63, 3.8) is 0 Å². The molecule has 4 rings (SSSR count). The Morgan fingerprint density at radius 1 is 1.00 bits per heavy atom. The standard InChI is InChI=1S/C20H24N2O3/c23-19(17-14-15-6-2-3-7-18(15)25-20(17)24)22-12-8-16(9-13-22)21-10-4-1-5-11-21/h2-3,6-7,14,16H,1,4-5,8-13H2. The summed E-state index contributed by atoms with van der Waals surface area (Å²) in [5, 5.41) is 0.786. The van der Waals surface area contributed by atoms with Crippen molar-refractivity contribution in [2.24, 2.45) is 0 Å². The zero-order valence-corrected chi connectivity index (χ0v) is 14.4. The van der Waals surface area contributed by atoms with Gasteiger partial charge in [-0.25, -0.2) is 4.79 Å². The second-order valence-corrected chi connectivity index (χ2v) is 7.11. The Kier molecular flexibility index (Phi) is 4.57. The zero-order valence-electron chi connectivity index (χ0n) is 14.4. The van der Waals surface area contributed by atoms with Crippen LogP contribution in [0.5, 0.6) is 0 Å². The second-order valence-electron chi connectivity index (χ2n) is 7.11. The molecule has 0 aliphatic carbocycles. The van der Waals surface area contributed by atoms with Gasteiger partial charge in [0, 0.05) is 24.5 Å². The first-order chi connectivity index (χ1) is 12.2. The summed E-state index contributed by atoms with van der Waals surface area (Å²) in [5.74, 6) is -0.198. The van der Waals surface area contributed by atoms with Crippen LogP contribution in [0.2, 0.25) is 0 Å². The number of piperidine rings is 2. The van der Waals surface area contributed by atoms with Gasteiger partial charge in [0.2, 0.25) is 0 Å². The van der Waals surface area contributed by atoms with Gasteiger partial charge in [0.15, 0.2) is 0 Å². The first-order valence-corrected chi connectivity index (χ1v) is 9.28. The molecular weight excluding hydrogens is 316 g/mol. The van der Waals surface area contributed by atoms with Gasteiger partial charge in [0.1, 0.15) is 11.1 Å². The van der Waals surface area contributed by atoms with Gasteiger partial charge in [0.05, 0.1) is 0 Å². The third-order valence-electron chi connectivity index (χ3n) is 5.53. The van der Waals surface area contributed by atoms with Crippen molar-refractivity contribution >= 4 is 16.9 Å². The lowest BCUT2D eigenvalue weighted by Gasteiger charge is -2.40. The number of para-hydroxylation sites is 1. The molecule has 132 valence electrons. The Balaban J connectivity index is 1.47. The van der Waals surface area contributed by atoms with Gasteiger partial charge in [-0.1, -0.05) is 24.6 Å². The van der Waals surface area contributed by atoms with Crippen LogP contribution in [0.15, 0.2) is 39.5 Å². The maximum Gasteiger partial charge on any atom is 0.349 e. The molecule has 3 heterocycles. The van der Waals surface area contributed by atoms with E-state index in [2.05, 4.69) is 4.90 Å². The highest BCUT2D eigenvalue weighted by atomic mass is 16.4. The van der Waals surface area contributed by atoms with E-state index in [0.29, 0.717) is 24.7 Å². The second kappa shape index (κ2) is 7.00. The van der Waals surface area contributed by atoms with Crippen molar-refractivity contribution in [2.45, 2.75) is 38.1 Å². The number of nitrogens with zero attached hydrogens (tertiary/aromatic N) is 2. The van der Waals surface area contributed by atoms with Crippen LogP contribution in [0.25, 0.3) is 11.0 Å². The van der Waals surface area contributed by atoms with Gasteiger partial charge in [-0.2, -0.15) is 0 Å². The van der Waals surface area contributed by atoms with Crippen molar-refractivity contribution in [3.05, 3.63) is 46.3 Å². The largest absolute Gasteiger partial charge is 0.422 e. The number of rotatable bonds is 2. The van der Waals surface area contributed by atoms with E-state index >= 15 is 0 Å². The molecule has 5 nitrogen and oxygen atoms in total. The summed E-state index contributed by atoms with van der Waals surface area (Å²) in [7, 11) is 0. The van der Waals surface area contributed by atoms with Gasteiger partial charge < -0.3 is 14.2 Å². The smallest absolute Gasteiger partial charge is 0.349 e. The van der Waals surface area contributed by atoms with E-state index in [1.54, 1.807) is 12.1 Å². The van der Waals surface area contributed by atoms with Gasteiger partial charge in [-0.3, -0.25) is 4.79 Å². The molecule has 2 aromatic rings. The highest BCUT2D eigenvalue weighted by molar-refractivity contribution is 5.96. The molecule has 1 aromatic carbocycles. The van der Waals surface area contributed by atoms with Crippen LogP contribution in [0, 0.1) is 0 Å². The summed E-state index contributed by atoms with van der Waals surface area (Å²) in [4.78, 5) is 29.4. The highest BCUT2D eigenvalue weighted by Crippen LogP contribution is 2.22. The maximum atomic E-state index is 12.8. The number of hydrogen-bond acceptors (Lipinski definition) is 4. The number of likely N-dealkylation sites (tertiary alicyclic amines) is 2. The first-order valence-electron chi connectivity index (χ1n) is 9.28. The van der Waals surface area contributed by atoms with E-state index in [1.807, 2.05) is 23.1 Å². The average molecular weight is 340 g/mol. The SMILES string of the molecule is O=C(c1cc2ccccc2oc1=O)N1CCC(N2CCCCC2)CC1. The van der Waals surface area contributed by atoms with Crippen LogP contribution in [0.3, 0.4) is 0 Å². The molecule has 1 aromatic heterocycles. The predicted molar refractivity (Wildman–Crippen MR) is 96.8 cm³/mol. The maximum absolute atomic E-state index is 12.8. The lowest BCUT2D eigenvalue weighted by molar-refractivity contribution is 0.0586. The van der Waals surface area contributed by atoms with E-state index in [-0.39, 0.29) is 11.5 Å². The van der Waals surface area contributed by atoms with E-state index in [9.17, 15) is 9.59 Å². The van der Waals surface area contributed by atoms with Crippen molar-refractivity contribution in [2.75, 3.05) is 26.2 Å². The highest BCUT2D eigenvalue weighted by Gasteiger charge is 2.29. The normalized spacial score (nSPS) is 20.1. The summed E-state index contributed by atoms with van der Waals surface area (Å²) in [6, 6.07) is 9.54. The number of fused-ring (bicyclic) bond motifs is 1. The third-order valence-corrected chi connectivity index (χ3v) is 5.53. The molecule has 0 unspecified atom stereocenters. The minimum Gasteiger partial charge on any atom is -0.422 e. The fourth-order valence-corrected chi connectivity index (χ4v) is 4.10. The number of amides is 1. The molecule has 0 spiro atoms. The molecule has 0 saturated carbocycles. The molecule has 2 aliphatic rings. The Morgan fingerprint density at radius 3 is 2.48 bits per heavy atom. The molecule has 0 atom stereocenters. The summed E-state index contributed by atoms with van der Waals surface area (Å²) in [5.41, 5.74) is 0.129. The van der Waals surface area contributed by atoms with Crippen molar-refractivity contribution in [1.29, 1.82) is 0 Å². The van der Waals surface area contributed by atoms with Crippen LogP contribution >= 0.6 is 0 Å². The summed E-state index contributed by atoms with van der Waals surface area (Å²) in [6.07, 6.45) is 5.90. The van der Waals surface area contributed by atoms with Crippen LogP contribution in [-0.4, -0.2) is 47.9 Å². The van der Waals surface area contributed by atoms with E-state index < -0.39 is 5.63 Å². The third kappa shape index (κ3) is 3.33. The number of carbonyl (C=O) groups excluding carboxylic acids is 1. The Bertz CT molecular complexity index is 815. The lowest BCUT2D eigenvalue weighted by Crippen LogP contribution is -2.48.